The molecule has 1 aliphatic rings. The smallest absolute Gasteiger partial charge is 0.256 e. The van der Waals surface area contributed by atoms with Crippen molar-refractivity contribution in [2.24, 2.45) is 0 Å². The second-order valence-corrected chi connectivity index (χ2v) is 12.6. The minimum absolute atomic E-state index is 0.0282. The molecule has 194 valence electrons. The lowest BCUT2D eigenvalue weighted by atomic mass is 10.0. The van der Waals surface area contributed by atoms with E-state index in [0.717, 1.165) is 47.2 Å². The summed E-state index contributed by atoms with van der Waals surface area (Å²) < 4.78 is 30.8. The van der Waals surface area contributed by atoms with Crippen LogP contribution < -0.4 is 5.32 Å². The fraction of sp³-hybridized carbons (Fsp3) is 0.370. The molecule has 1 amide bonds. The quantitative estimate of drug-likeness (QED) is 0.345. The molecule has 1 N–H and O–H groups in total. The molecule has 0 aliphatic carbocycles. The lowest BCUT2D eigenvalue weighted by molar-refractivity contribution is 0.102. The van der Waals surface area contributed by atoms with Crippen LogP contribution in [0.1, 0.15) is 59.8 Å². The Kier molecular flexibility index (Phi) is 6.91. The molecule has 0 saturated carbocycles. The van der Waals surface area contributed by atoms with E-state index in [9.17, 15) is 13.2 Å². The van der Waals surface area contributed by atoms with Crippen LogP contribution in [-0.2, 0) is 10.0 Å². The maximum absolute atomic E-state index is 13.3. The monoisotopic (exact) mass is 537 g/mol. The Morgan fingerprint density at radius 1 is 1.11 bits per heavy atom. The van der Waals surface area contributed by atoms with Crippen LogP contribution in [0, 0.1) is 20.8 Å². The molecule has 1 saturated heterocycles. The third kappa shape index (κ3) is 4.93. The molecule has 0 bridgehead atoms. The minimum Gasteiger partial charge on any atom is -0.306 e. The van der Waals surface area contributed by atoms with Gasteiger partial charge in [-0.3, -0.25) is 4.79 Å². The van der Waals surface area contributed by atoms with E-state index in [4.69, 9.17) is 4.98 Å². The molecule has 4 aromatic rings. The molecule has 2 aromatic heterocycles. The standard InChI is InChI=1S/C27H31N5O3S2/c1-5-21-8-6-7-13-31(21)37(34,35)22-11-9-20(10-12-22)26(33)28-24-16-19(4)30-32(24)27-29-25-18(3)14-17(2)15-23(25)36-27/h9-12,14-16,21H,5-8,13H2,1-4H3,(H,28,33). The third-order valence-corrected chi connectivity index (χ3v) is 9.78. The number of hydrogen-bond donors (Lipinski definition) is 1. The van der Waals surface area contributed by atoms with Gasteiger partial charge in [-0.05, 0) is 81.5 Å². The zero-order valence-corrected chi connectivity index (χ0v) is 23.1. The number of amides is 1. The number of sulfonamides is 1. The molecule has 1 aliphatic heterocycles. The van der Waals surface area contributed by atoms with E-state index in [1.807, 2.05) is 20.8 Å². The van der Waals surface area contributed by atoms with Crippen LogP contribution in [-0.4, -0.2) is 46.0 Å². The van der Waals surface area contributed by atoms with Crippen molar-refractivity contribution in [3.8, 4) is 5.13 Å². The number of nitrogens with one attached hydrogen (secondary N) is 1. The van der Waals surface area contributed by atoms with Gasteiger partial charge in [0.05, 0.1) is 20.8 Å². The second kappa shape index (κ2) is 10.00. The van der Waals surface area contributed by atoms with E-state index < -0.39 is 10.0 Å². The van der Waals surface area contributed by atoms with E-state index in [0.29, 0.717) is 23.1 Å². The largest absolute Gasteiger partial charge is 0.306 e. The average molecular weight is 538 g/mol. The van der Waals surface area contributed by atoms with Crippen molar-refractivity contribution in [3.05, 3.63) is 64.8 Å². The van der Waals surface area contributed by atoms with Crippen LogP contribution in [0.4, 0.5) is 5.82 Å². The number of carbonyl (C=O) groups is 1. The van der Waals surface area contributed by atoms with E-state index >= 15 is 0 Å². The van der Waals surface area contributed by atoms with Gasteiger partial charge in [0.2, 0.25) is 15.2 Å². The number of rotatable bonds is 6. The number of piperidine rings is 1. The first-order valence-electron chi connectivity index (χ1n) is 12.6. The van der Waals surface area contributed by atoms with Crippen molar-refractivity contribution in [1.29, 1.82) is 0 Å². The van der Waals surface area contributed by atoms with Gasteiger partial charge in [0, 0.05) is 24.2 Å². The summed E-state index contributed by atoms with van der Waals surface area (Å²) in [7, 11) is -3.60. The molecule has 10 heteroatoms. The van der Waals surface area contributed by atoms with Crippen LogP contribution >= 0.6 is 11.3 Å². The van der Waals surface area contributed by atoms with Crippen LogP contribution in [0.15, 0.2) is 47.4 Å². The van der Waals surface area contributed by atoms with E-state index in [-0.39, 0.29) is 16.8 Å². The molecule has 1 atom stereocenters. The Morgan fingerprint density at radius 3 is 2.59 bits per heavy atom. The van der Waals surface area contributed by atoms with Gasteiger partial charge < -0.3 is 5.32 Å². The normalized spacial score (nSPS) is 16.8. The van der Waals surface area contributed by atoms with Crippen molar-refractivity contribution < 1.29 is 13.2 Å². The van der Waals surface area contributed by atoms with Crippen molar-refractivity contribution in [2.75, 3.05) is 11.9 Å². The molecular formula is C27H31N5O3S2. The lowest BCUT2D eigenvalue weighted by Gasteiger charge is -2.34. The van der Waals surface area contributed by atoms with Gasteiger partial charge >= 0.3 is 0 Å². The minimum atomic E-state index is -3.60. The zero-order chi connectivity index (χ0) is 26.3. The van der Waals surface area contributed by atoms with Crippen LogP contribution in [0.3, 0.4) is 0 Å². The number of aryl methyl sites for hydroxylation is 3. The number of nitrogens with zero attached hydrogens (tertiary/aromatic N) is 4. The predicted octanol–water partition coefficient (Wildman–Crippen LogP) is 5.61. The summed E-state index contributed by atoms with van der Waals surface area (Å²) in [5.74, 6) is 0.161. The Hall–Kier alpha value is -3.08. The molecule has 3 heterocycles. The second-order valence-electron chi connectivity index (χ2n) is 9.66. The molecule has 1 unspecified atom stereocenters. The summed E-state index contributed by atoms with van der Waals surface area (Å²) in [4.78, 5) is 18.1. The lowest BCUT2D eigenvalue weighted by Crippen LogP contribution is -2.43. The molecule has 8 nitrogen and oxygen atoms in total. The first-order chi connectivity index (χ1) is 17.7. The Balaban J connectivity index is 1.38. The van der Waals surface area contributed by atoms with Gasteiger partial charge in [0.1, 0.15) is 5.82 Å². The Labute approximate surface area is 221 Å². The van der Waals surface area contributed by atoms with Crippen molar-refractivity contribution in [3.63, 3.8) is 0 Å². The highest BCUT2D eigenvalue weighted by Crippen LogP contribution is 2.31. The first-order valence-corrected chi connectivity index (χ1v) is 14.8. The van der Waals surface area contributed by atoms with E-state index in [1.165, 1.54) is 29.0 Å². The molecular weight excluding hydrogens is 506 g/mol. The van der Waals surface area contributed by atoms with Crippen LogP contribution in [0.2, 0.25) is 0 Å². The number of carbonyl (C=O) groups excluding carboxylic acids is 1. The first kappa shape index (κ1) is 25.6. The van der Waals surface area contributed by atoms with Crippen LogP contribution in [0.5, 0.6) is 0 Å². The van der Waals surface area contributed by atoms with Crippen molar-refractivity contribution in [2.45, 2.75) is 64.3 Å². The number of hydrogen-bond acceptors (Lipinski definition) is 6. The predicted molar refractivity (Wildman–Crippen MR) is 147 cm³/mol. The molecule has 37 heavy (non-hydrogen) atoms. The number of aromatic nitrogens is 3. The molecule has 0 spiro atoms. The fourth-order valence-electron chi connectivity index (χ4n) is 4.98. The molecule has 5 rings (SSSR count). The van der Waals surface area contributed by atoms with E-state index in [2.05, 4.69) is 29.5 Å². The van der Waals surface area contributed by atoms with Crippen molar-refractivity contribution >= 4 is 43.3 Å². The molecule has 2 aromatic carbocycles. The highest BCUT2D eigenvalue weighted by atomic mass is 32.2. The number of anilines is 1. The van der Waals surface area contributed by atoms with Gasteiger partial charge in [-0.25, -0.2) is 13.4 Å². The summed E-state index contributed by atoms with van der Waals surface area (Å²) >= 11 is 1.52. The SMILES string of the molecule is CCC1CCCCN1S(=O)(=O)c1ccc(C(=O)Nc2cc(C)nn2-c2nc3c(C)cc(C)cc3s2)cc1. The van der Waals surface area contributed by atoms with Gasteiger partial charge in [0.25, 0.3) is 5.91 Å². The van der Waals surface area contributed by atoms with Crippen LogP contribution in [0.25, 0.3) is 15.3 Å². The molecule has 0 radical (unpaired) electrons. The van der Waals surface area contributed by atoms with Gasteiger partial charge in [0.15, 0.2) is 0 Å². The summed E-state index contributed by atoms with van der Waals surface area (Å²) in [6.07, 6.45) is 3.60. The summed E-state index contributed by atoms with van der Waals surface area (Å²) in [5.41, 5.74) is 4.30. The summed E-state index contributed by atoms with van der Waals surface area (Å²) in [5, 5.41) is 8.14. The zero-order valence-electron chi connectivity index (χ0n) is 21.5. The third-order valence-electron chi connectivity index (χ3n) is 6.84. The van der Waals surface area contributed by atoms with Crippen molar-refractivity contribution in [1.82, 2.24) is 19.1 Å². The number of benzene rings is 2. The summed E-state index contributed by atoms with van der Waals surface area (Å²) in [6, 6.07) is 12.2. The Morgan fingerprint density at radius 2 is 1.86 bits per heavy atom. The highest BCUT2D eigenvalue weighted by Gasteiger charge is 2.32. The average Bonchev–Trinajstić information content (AvgIpc) is 3.47. The fourth-order valence-corrected chi connectivity index (χ4v) is 7.86. The molecule has 1 fully saturated rings. The number of thiazole rings is 1. The maximum atomic E-state index is 13.3. The maximum Gasteiger partial charge on any atom is 0.256 e. The van der Waals surface area contributed by atoms with E-state index in [1.54, 1.807) is 27.2 Å². The summed E-state index contributed by atoms with van der Waals surface area (Å²) in [6.45, 7) is 8.51. The van der Waals surface area contributed by atoms with Gasteiger partial charge in [-0.1, -0.05) is 30.7 Å². The van der Waals surface area contributed by atoms with Gasteiger partial charge in [-0.2, -0.15) is 14.1 Å². The topological polar surface area (TPSA) is 97.2 Å². The van der Waals surface area contributed by atoms with Gasteiger partial charge in [-0.15, -0.1) is 0 Å². The Bertz CT molecular complexity index is 1570. The number of fused-ring (bicyclic) bond motifs is 1. The highest BCUT2D eigenvalue weighted by molar-refractivity contribution is 7.89.